The summed E-state index contributed by atoms with van der Waals surface area (Å²) in [6, 6.07) is 7.94. The van der Waals surface area contributed by atoms with E-state index in [2.05, 4.69) is 34.0 Å². The van der Waals surface area contributed by atoms with Gasteiger partial charge in [-0.15, -0.1) is 12.4 Å². The van der Waals surface area contributed by atoms with Crippen molar-refractivity contribution in [1.29, 1.82) is 0 Å². The Balaban J connectivity index is 0.00000208. The molecular formula is C18H27ClN4O. The first-order valence-electron chi connectivity index (χ1n) is 8.56. The fourth-order valence-corrected chi connectivity index (χ4v) is 3.27. The molecule has 1 aliphatic rings. The molecule has 3 rings (SSSR count). The zero-order valence-corrected chi connectivity index (χ0v) is 15.2. The fraction of sp³-hybridized carbons (Fsp3) is 0.556. The number of rotatable bonds is 5. The summed E-state index contributed by atoms with van der Waals surface area (Å²) in [5.74, 6) is 1.43. The molecule has 0 radical (unpaired) electrons. The van der Waals surface area contributed by atoms with Crippen molar-refractivity contribution in [2.45, 2.75) is 39.3 Å². The summed E-state index contributed by atoms with van der Waals surface area (Å²) in [4.78, 5) is 22.2. The van der Waals surface area contributed by atoms with E-state index < -0.39 is 0 Å². The Morgan fingerprint density at radius 2 is 2.12 bits per heavy atom. The molecule has 1 unspecified atom stereocenters. The van der Waals surface area contributed by atoms with E-state index >= 15 is 0 Å². The van der Waals surface area contributed by atoms with E-state index in [1.807, 2.05) is 24.3 Å². The van der Waals surface area contributed by atoms with Gasteiger partial charge in [0.25, 0.3) is 5.56 Å². The Hall–Kier alpha value is -1.43. The molecule has 2 aromatic rings. The molecule has 132 valence electrons. The average molecular weight is 351 g/mol. The van der Waals surface area contributed by atoms with Crippen LogP contribution in [0.3, 0.4) is 0 Å². The molecule has 0 amide bonds. The predicted octanol–water partition coefficient (Wildman–Crippen LogP) is 2.55. The first-order valence-corrected chi connectivity index (χ1v) is 8.56. The molecule has 24 heavy (non-hydrogen) atoms. The van der Waals surface area contributed by atoms with E-state index in [1.54, 1.807) is 0 Å². The summed E-state index contributed by atoms with van der Waals surface area (Å²) in [5, 5.41) is 4.13. The number of aromatic amines is 1. The number of halogens is 1. The van der Waals surface area contributed by atoms with Crippen molar-refractivity contribution < 1.29 is 0 Å². The van der Waals surface area contributed by atoms with E-state index in [0.717, 1.165) is 31.0 Å². The number of para-hydroxylation sites is 1. The van der Waals surface area contributed by atoms with Gasteiger partial charge in [0.15, 0.2) is 0 Å². The van der Waals surface area contributed by atoms with Crippen LogP contribution >= 0.6 is 12.4 Å². The number of fused-ring (bicyclic) bond motifs is 1. The Morgan fingerprint density at radius 3 is 2.83 bits per heavy atom. The highest BCUT2D eigenvalue weighted by Gasteiger charge is 2.20. The molecule has 2 heterocycles. The summed E-state index contributed by atoms with van der Waals surface area (Å²) in [5.41, 5.74) is 0.725. The highest BCUT2D eigenvalue weighted by Crippen LogP contribution is 2.15. The van der Waals surface area contributed by atoms with Crippen LogP contribution in [0.15, 0.2) is 29.1 Å². The van der Waals surface area contributed by atoms with Gasteiger partial charge in [-0.25, -0.2) is 4.98 Å². The van der Waals surface area contributed by atoms with Gasteiger partial charge in [0.05, 0.1) is 17.4 Å². The first-order chi connectivity index (χ1) is 11.1. The molecular weight excluding hydrogens is 324 g/mol. The lowest BCUT2D eigenvalue weighted by molar-refractivity contribution is 0.160. The third kappa shape index (κ3) is 4.56. The monoisotopic (exact) mass is 350 g/mol. The number of aromatic nitrogens is 2. The zero-order valence-electron chi connectivity index (χ0n) is 14.4. The van der Waals surface area contributed by atoms with Crippen LogP contribution in [-0.2, 0) is 6.54 Å². The van der Waals surface area contributed by atoms with Gasteiger partial charge in [-0.05, 0) is 57.8 Å². The lowest BCUT2D eigenvalue weighted by Crippen LogP contribution is -2.41. The second kappa shape index (κ2) is 8.60. The Morgan fingerprint density at radius 1 is 1.33 bits per heavy atom. The highest BCUT2D eigenvalue weighted by atomic mass is 35.5. The minimum atomic E-state index is -0.0476. The van der Waals surface area contributed by atoms with Gasteiger partial charge in [-0.3, -0.25) is 9.69 Å². The topological polar surface area (TPSA) is 61.0 Å². The molecule has 1 atom stereocenters. The Kier molecular flexibility index (Phi) is 6.78. The summed E-state index contributed by atoms with van der Waals surface area (Å²) in [6.45, 7) is 8.36. The van der Waals surface area contributed by atoms with E-state index in [-0.39, 0.29) is 18.0 Å². The Bertz CT molecular complexity index is 709. The van der Waals surface area contributed by atoms with Crippen LogP contribution in [0.1, 0.15) is 32.5 Å². The van der Waals surface area contributed by atoms with Crippen molar-refractivity contribution in [2.75, 3.05) is 19.6 Å². The summed E-state index contributed by atoms with van der Waals surface area (Å²) >= 11 is 0. The van der Waals surface area contributed by atoms with E-state index in [1.165, 1.54) is 12.8 Å². The number of nitrogens with zero attached hydrogens (tertiary/aromatic N) is 2. The summed E-state index contributed by atoms with van der Waals surface area (Å²) < 4.78 is 0. The molecule has 0 aliphatic carbocycles. The zero-order chi connectivity index (χ0) is 16.2. The lowest BCUT2D eigenvalue weighted by atomic mass is 9.98. The largest absolute Gasteiger partial charge is 0.316 e. The number of hydrogen-bond donors (Lipinski definition) is 2. The third-order valence-electron chi connectivity index (χ3n) is 4.64. The van der Waals surface area contributed by atoms with Crippen LogP contribution in [0.25, 0.3) is 10.9 Å². The molecule has 1 aliphatic heterocycles. The van der Waals surface area contributed by atoms with Crippen LogP contribution in [0.4, 0.5) is 0 Å². The Labute approximate surface area is 149 Å². The van der Waals surface area contributed by atoms with Crippen LogP contribution in [-0.4, -0.2) is 40.5 Å². The predicted molar refractivity (Wildman–Crippen MR) is 101 cm³/mol. The van der Waals surface area contributed by atoms with Crippen molar-refractivity contribution in [2.24, 2.45) is 5.92 Å². The number of hydrogen-bond acceptors (Lipinski definition) is 4. The number of piperidine rings is 1. The van der Waals surface area contributed by atoms with Crippen molar-refractivity contribution in [1.82, 2.24) is 20.2 Å². The number of benzene rings is 1. The molecule has 6 heteroatoms. The third-order valence-corrected chi connectivity index (χ3v) is 4.64. The smallest absolute Gasteiger partial charge is 0.258 e. The van der Waals surface area contributed by atoms with Crippen LogP contribution < -0.4 is 10.9 Å². The van der Waals surface area contributed by atoms with E-state index in [0.29, 0.717) is 23.9 Å². The molecule has 1 saturated heterocycles. The summed E-state index contributed by atoms with van der Waals surface area (Å²) in [6.07, 6.45) is 2.53. The second-order valence-corrected chi connectivity index (χ2v) is 6.77. The number of H-pyrrole nitrogens is 1. The van der Waals surface area contributed by atoms with Gasteiger partial charge >= 0.3 is 0 Å². The van der Waals surface area contributed by atoms with Gasteiger partial charge in [0.1, 0.15) is 5.82 Å². The molecule has 0 spiro atoms. The highest BCUT2D eigenvalue weighted by molar-refractivity contribution is 5.85. The van der Waals surface area contributed by atoms with Gasteiger partial charge in [-0.2, -0.15) is 0 Å². The minimum Gasteiger partial charge on any atom is -0.316 e. The van der Waals surface area contributed by atoms with Gasteiger partial charge in [0, 0.05) is 12.6 Å². The minimum absolute atomic E-state index is 0. The van der Waals surface area contributed by atoms with Crippen molar-refractivity contribution in [3.05, 3.63) is 40.4 Å². The lowest BCUT2D eigenvalue weighted by Gasteiger charge is -2.32. The fourth-order valence-electron chi connectivity index (χ4n) is 3.27. The van der Waals surface area contributed by atoms with E-state index in [4.69, 9.17) is 0 Å². The quantitative estimate of drug-likeness (QED) is 0.870. The normalized spacial score (nSPS) is 18.1. The van der Waals surface area contributed by atoms with Gasteiger partial charge in [-0.1, -0.05) is 12.1 Å². The van der Waals surface area contributed by atoms with Crippen LogP contribution in [0.5, 0.6) is 0 Å². The second-order valence-electron chi connectivity index (χ2n) is 6.77. The first kappa shape index (κ1) is 18.9. The van der Waals surface area contributed by atoms with Crippen LogP contribution in [0, 0.1) is 5.92 Å². The molecule has 0 bridgehead atoms. The molecule has 1 aromatic carbocycles. The molecule has 2 N–H and O–H groups in total. The molecule has 5 nitrogen and oxygen atoms in total. The maximum Gasteiger partial charge on any atom is 0.258 e. The maximum absolute atomic E-state index is 12.2. The molecule has 0 saturated carbocycles. The summed E-state index contributed by atoms with van der Waals surface area (Å²) in [7, 11) is 0. The van der Waals surface area contributed by atoms with Crippen LogP contribution in [0.2, 0.25) is 0 Å². The number of nitrogens with one attached hydrogen (secondary N) is 2. The van der Waals surface area contributed by atoms with Crippen molar-refractivity contribution >= 4 is 23.3 Å². The van der Waals surface area contributed by atoms with Gasteiger partial charge in [0.2, 0.25) is 0 Å². The van der Waals surface area contributed by atoms with Crippen molar-refractivity contribution in [3.63, 3.8) is 0 Å². The SMILES string of the molecule is CC(C)N(Cc1nc2ccccc2c(=O)[nH]1)CC1CCCNC1.Cl. The molecule has 1 aromatic heterocycles. The standard InChI is InChI=1S/C18H26N4O.ClH/c1-13(2)22(11-14-6-5-9-19-10-14)12-17-20-16-8-4-3-7-15(16)18(23)21-17;/h3-4,7-8,13-14,19H,5-6,9-12H2,1-2H3,(H,20,21,23);1H. The average Bonchev–Trinajstić information content (AvgIpc) is 2.55. The van der Waals surface area contributed by atoms with Gasteiger partial charge < -0.3 is 10.3 Å². The van der Waals surface area contributed by atoms with Crippen molar-refractivity contribution in [3.8, 4) is 0 Å². The molecule has 1 fully saturated rings. The van der Waals surface area contributed by atoms with E-state index in [9.17, 15) is 4.79 Å². The maximum atomic E-state index is 12.2.